The lowest BCUT2D eigenvalue weighted by atomic mass is 10.1. The molecule has 0 atom stereocenters. The molecule has 37 heavy (non-hydrogen) atoms. The van der Waals surface area contributed by atoms with Gasteiger partial charge in [0.25, 0.3) is 5.91 Å². The van der Waals surface area contributed by atoms with Crippen LogP contribution in [0, 0.1) is 0 Å². The van der Waals surface area contributed by atoms with Gasteiger partial charge < -0.3 is 9.30 Å². The maximum Gasteiger partial charge on any atom is 0.275 e. The molecule has 0 saturated carbocycles. The molecule has 0 radical (unpaired) electrons. The van der Waals surface area contributed by atoms with E-state index in [2.05, 4.69) is 75.9 Å². The van der Waals surface area contributed by atoms with Gasteiger partial charge in [-0.3, -0.25) is 4.79 Å². The van der Waals surface area contributed by atoms with E-state index in [0.29, 0.717) is 11.3 Å². The van der Waals surface area contributed by atoms with Crippen LogP contribution in [-0.4, -0.2) is 23.8 Å². The van der Waals surface area contributed by atoms with Crippen molar-refractivity contribution in [1.29, 1.82) is 0 Å². The summed E-state index contributed by atoms with van der Waals surface area (Å²) < 4.78 is 7.68. The van der Waals surface area contributed by atoms with E-state index in [1.54, 1.807) is 13.3 Å². The number of hydrogen-bond acceptors (Lipinski definition) is 3. The van der Waals surface area contributed by atoms with Gasteiger partial charge in [-0.2, -0.15) is 5.10 Å². The Morgan fingerprint density at radius 3 is 2.30 bits per heavy atom. The maximum absolute atomic E-state index is 13.0. The van der Waals surface area contributed by atoms with E-state index in [9.17, 15) is 4.79 Å². The number of methoxy groups -OCH3 is 1. The molecule has 0 aliphatic rings. The van der Waals surface area contributed by atoms with E-state index >= 15 is 0 Å². The van der Waals surface area contributed by atoms with Crippen LogP contribution in [0.5, 0.6) is 5.75 Å². The predicted molar refractivity (Wildman–Crippen MR) is 151 cm³/mol. The molecule has 0 spiro atoms. The van der Waals surface area contributed by atoms with E-state index in [1.165, 1.54) is 16.3 Å². The Balaban J connectivity index is 1.27. The zero-order valence-electron chi connectivity index (χ0n) is 20.4. The molecule has 5 aromatic carbocycles. The number of nitrogens with zero attached hydrogens (tertiary/aromatic N) is 2. The Morgan fingerprint density at radius 2 is 1.51 bits per heavy atom. The maximum atomic E-state index is 13.0. The molecule has 0 aliphatic carbocycles. The summed E-state index contributed by atoms with van der Waals surface area (Å²) in [6.45, 7) is 0.736. The molecule has 5 nitrogen and oxygen atoms in total. The van der Waals surface area contributed by atoms with Gasteiger partial charge in [-0.15, -0.1) is 0 Å². The molecule has 1 heterocycles. The van der Waals surface area contributed by atoms with Crippen LogP contribution in [0.1, 0.15) is 21.5 Å². The molecule has 6 aromatic rings. The molecule has 0 fully saturated rings. The average Bonchev–Trinajstić information content (AvgIpc) is 3.29. The van der Waals surface area contributed by atoms with Gasteiger partial charge in [-0.1, -0.05) is 78.9 Å². The molecule has 1 amide bonds. The van der Waals surface area contributed by atoms with Crippen molar-refractivity contribution >= 4 is 44.6 Å². The molecule has 0 aliphatic heterocycles. The van der Waals surface area contributed by atoms with Crippen LogP contribution in [0.15, 0.2) is 114 Å². The molecule has 180 valence electrons. The first-order chi connectivity index (χ1) is 18.2. The highest BCUT2D eigenvalue weighted by Gasteiger charge is 2.13. The van der Waals surface area contributed by atoms with Crippen molar-refractivity contribution in [1.82, 2.24) is 9.99 Å². The van der Waals surface area contributed by atoms with Crippen molar-refractivity contribution < 1.29 is 9.53 Å². The Bertz CT molecular complexity index is 1800. The number of aromatic nitrogens is 1. The highest BCUT2D eigenvalue weighted by molar-refractivity contribution is 6.03. The van der Waals surface area contributed by atoms with Gasteiger partial charge in [0.1, 0.15) is 5.75 Å². The molecular formula is C32H25N3O2. The Labute approximate surface area is 214 Å². The number of carbonyl (C=O) groups is 1. The third-order valence-corrected chi connectivity index (χ3v) is 6.67. The fourth-order valence-electron chi connectivity index (χ4n) is 4.83. The van der Waals surface area contributed by atoms with Gasteiger partial charge in [-0.25, -0.2) is 5.43 Å². The molecule has 5 heteroatoms. The van der Waals surface area contributed by atoms with Crippen molar-refractivity contribution in [3.8, 4) is 5.75 Å². The number of hydrogen-bond donors (Lipinski definition) is 1. The second kappa shape index (κ2) is 9.63. The second-order valence-electron chi connectivity index (χ2n) is 9.01. The number of nitrogens with one attached hydrogen (secondary N) is 1. The van der Waals surface area contributed by atoms with Gasteiger partial charge >= 0.3 is 0 Å². The van der Waals surface area contributed by atoms with Crippen LogP contribution >= 0.6 is 0 Å². The van der Waals surface area contributed by atoms with Gasteiger partial charge in [0.05, 0.1) is 18.9 Å². The van der Waals surface area contributed by atoms with Crippen LogP contribution in [0.4, 0.5) is 0 Å². The molecule has 1 aromatic heterocycles. The SMILES string of the molecule is COc1cc2ccccc2cc1C(=O)N/N=C\c1cn(Cc2ccc3ccccc3c2)c2ccccc12. The minimum atomic E-state index is -0.321. The number of ether oxygens (including phenoxy) is 1. The first kappa shape index (κ1) is 22.6. The molecule has 0 unspecified atom stereocenters. The van der Waals surface area contributed by atoms with Crippen molar-refractivity contribution in [3.05, 3.63) is 126 Å². The number of carbonyl (C=O) groups excluding carboxylic acids is 1. The molecule has 1 N–H and O–H groups in total. The largest absolute Gasteiger partial charge is 0.496 e. The van der Waals surface area contributed by atoms with Crippen LogP contribution in [0.25, 0.3) is 32.4 Å². The minimum absolute atomic E-state index is 0.321. The van der Waals surface area contributed by atoms with Crippen molar-refractivity contribution in [3.63, 3.8) is 0 Å². The lowest BCUT2D eigenvalue weighted by Crippen LogP contribution is -2.18. The van der Waals surface area contributed by atoms with Gasteiger partial charge in [0, 0.05) is 29.2 Å². The van der Waals surface area contributed by atoms with Crippen LogP contribution in [0.2, 0.25) is 0 Å². The first-order valence-corrected chi connectivity index (χ1v) is 12.2. The zero-order valence-corrected chi connectivity index (χ0v) is 20.4. The summed E-state index contributed by atoms with van der Waals surface area (Å²) >= 11 is 0. The summed E-state index contributed by atoms with van der Waals surface area (Å²) in [6.07, 6.45) is 3.77. The summed E-state index contributed by atoms with van der Waals surface area (Å²) in [4.78, 5) is 13.0. The average molecular weight is 484 g/mol. The lowest BCUT2D eigenvalue weighted by molar-refractivity contribution is 0.0952. The highest BCUT2D eigenvalue weighted by Crippen LogP contribution is 2.26. The topological polar surface area (TPSA) is 55.6 Å². The van der Waals surface area contributed by atoms with Crippen molar-refractivity contribution in [2.75, 3.05) is 7.11 Å². The van der Waals surface area contributed by atoms with Gasteiger partial charge in [-0.05, 0) is 51.4 Å². The quantitative estimate of drug-likeness (QED) is 0.210. The normalized spacial score (nSPS) is 11.5. The minimum Gasteiger partial charge on any atom is -0.496 e. The summed E-state index contributed by atoms with van der Waals surface area (Å²) in [5.41, 5.74) is 6.38. The van der Waals surface area contributed by atoms with E-state index < -0.39 is 0 Å². The van der Waals surface area contributed by atoms with E-state index in [0.717, 1.165) is 33.8 Å². The number of fused-ring (bicyclic) bond motifs is 3. The fraction of sp³-hybridized carbons (Fsp3) is 0.0625. The molecular weight excluding hydrogens is 458 g/mol. The van der Waals surface area contributed by atoms with Gasteiger partial charge in [0.15, 0.2) is 0 Å². The van der Waals surface area contributed by atoms with E-state index in [4.69, 9.17) is 4.74 Å². The third kappa shape index (κ3) is 4.43. The van der Waals surface area contributed by atoms with Crippen LogP contribution < -0.4 is 10.2 Å². The van der Waals surface area contributed by atoms with Crippen molar-refractivity contribution in [2.24, 2.45) is 5.10 Å². The molecule has 0 bridgehead atoms. The fourth-order valence-corrected chi connectivity index (χ4v) is 4.83. The number of benzene rings is 5. The first-order valence-electron chi connectivity index (χ1n) is 12.2. The summed E-state index contributed by atoms with van der Waals surface area (Å²) in [5, 5.41) is 9.80. The Kier molecular flexibility index (Phi) is 5.87. The summed E-state index contributed by atoms with van der Waals surface area (Å²) in [7, 11) is 1.56. The van der Waals surface area contributed by atoms with E-state index in [1.807, 2.05) is 48.5 Å². The highest BCUT2D eigenvalue weighted by atomic mass is 16.5. The Morgan fingerprint density at radius 1 is 0.838 bits per heavy atom. The third-order valence-electron chi connectivity index (χ3n) is 6.67. The predicted octanol–water partition coefficient (Wildman–Crippen LogP) is 6.77. The summed E-state index contributed by atoms with van der Waals surface area (Å²) in [6, 6.07) is 34.7. The standard InChI is InChI=1S/C32H25N3O2/c1-37-31-18-26-11-5-4-10-25(26)17-29(31)32(36)34-33-19-27-21-35(30-13-7-6-12-28(27)30)20-22-14-15-23-8-2-3-9-24(23)16-22/h2-19,21H,20H2,1H3,(H,34,36)/b33-19-. The molecule has 6 rings (SSSR count). The number of rotatable bonds is 6. The van der Waals surface area contributed by atoms with Crippen LogP contribution in [-0.2, 0) is 6.54 Å². The van der Waals surface area contributed by atoms with Crippen molar-refractivity contribution in [2.45, 2.75) is 6.54 Å². The summed E-state index contributed by atoms with van der Waals surface area (Å²) in [5.74, 6) is 0.192. The lowest BCUT2D eigenvalue weighted by Gasteiger charge is -2.09. The Hall–Kier alpha value is -4.90. The van der Waals surface area contributed by atoms with E-state index in [-0.39, 0.29) is 5.91 Å². The number of hydrazone groups is 1. The zero-order chi connectivity index (χ0) is 25.2. The monoisotopic (exact) mass is 483 g/mol. The smallest absolute Gasteiger partial charge is 0.275 e. The number of amides is 1. The van der Waals surface area contributed by atoms with Crippen LogP contribution in [0.3, 0.4) is 0 Å². The van der Waals surface area contributed by atoms with Gasteiger partial charge in [0.2, 0.25) is 0 Å². The number of para-hydroxylation sites is 1. The second-order valence-corrected chi connectivity index (χ2v) is 9.01. The molecule has 0 saturated heterocycles.